The van der Waals surface area contributed by atoms with Crippen molar-refractivity contribution in [2.45, 2.75) is 20.4 Å². The van der Waals surface area contributed by atoms with E-state index in [0.29, 0.717) is 23.2 Å². The van der Waals surface area contributed by atoms with E-state index >= 15 is 0 Å². The molecule has 0 atom stereocenters. The van der Waals surface area contributed by atoms with Crippen LogP contribution in [0.2, 0.25) is 0 Å². The summed E-state index contributed by atoms with van der Waals surface area (Å²) >= 11 is 0. The van der Waals surface area contributed by atoms with Crippen LogP contribution in [0.1, 0.15) is 12.5 Å². The van der Waals surface area contributed by atoms with E-state index in [4.69, 9.17) is 4.52 Å². The first-order chi connectivity index (χ1) is 9.20. The zero-order chi connectivity index (χ0) is 13.4. The first-order valence-electron chi connectivity index (χ1n) is 6.13. The molecule has 96 valence electrons. The van der Waals surface area contributed by atoms with Crippen LogP contribution in [0.25, 0.3) is 22.2 Å². The van der Waals surface area contributed by atoms with Gasteiger partial charge in [-0.3, -0.25) is 4.79 Å². The van der Waals surface area contributed by atoms with E-state index in [2.05, 4.69) is 10.3 Å². The number of nitrogens with zero attached hydrogens (tertiary/aromatic N) is 3. The second-order valence-corrected chi connectivity index (χ2v) is 4.41. The highest BCUT2D eigenvalue weighted by atomic mass is 16.5. The van der Waals surface area contributed by atoms with Gasteiger partial charge in [0.2, 0.25) is 0 Å². The molecule has 0 saturated carbocycles. The maximum absolute atomic E-state index is 12.0. The first kappa shape index (κ1) is 11.6. The summed E-state index contributed by atoms with van der Waals surface area (Å²) in [4.78, 5) is 12.0. The maximum atomic E-state index is 12.0. The Hall–Kier alpha value is -2.43. The second-order valence-electron chi connectivity index (χ2n) is 4.41. The Morgan fingerprint density at radius 1 is 1.37 bits per heavy atom. The van der Waals surface area contributed by atoms with Crippen molar-refractivity contribution in [3.8, 4) is 11.3 Å². The van der Waals surface area contributed by atoms with Gasteiger partial charge in [-0.2, -0.15) is 5.10 Å². The third-order valence-corrected chi connectivity index (χ3v) is 3.07. The molecule has 2 aromatic heterocycles. The minimum atomic E-state index is -0.220. The van der Waals surface area contributed by atoms with Gasteiger partial charge in [0.05, 0.1) is 11.6 Å². The monoisotopic (exact) mass is 255 g/mol. The standard InChI is InChI=1S/C14H13N3O2/c1-3-17-14(18)12-11(8-15-17)13(19-16-12)10-6-4-5-9(2)7-10/h4-8H,3H2,1-2H3. The molecule has 0 unspecified atom stereocenters. The Kier molecular flexibility index (Phi) is 2.67. The Balaban J connectivity index is 2.27. The van der Waals surface area contributed by atoms with Crippen molar-refractivity contribution in [1.82, 2.24) is 14.9 Å². The van der Waals surface area contributed by atoms with Gasteiger partial charge >= 0.3 is 0 Å². The fraction of sp³-hybridized carbons (Fsp3) is 0.214. The van der Waals surface area contributed by atoms with Gasteiger partial charge in [-0.25, -0.2) is 4.68 Å². The van der Waals surface area contributed by atoms with Crippen LogP contribution in [0.5, 0.6) is 0 Å². The van der Waals surface area contributed by atoms with Crippen LogP contribution < -0.4 is 5.56 Å². The number of aromatic nitrogens is 3. The number of rotatable bonds is 2. The van der Waals surface area contributed by atoms with Crippen LogP contribution in [0.15, 0.2) is 39.8 Å². The molecule has 0 bridgehead atoms. The molecule has 0 aliphatic carbocycles. The quantitative estimate of drug-likeness (QED) is 0.705. The minimum Gasteiger partial charge on any atom is -0.355 e. The average molecular weight is 255 g/mol. The summed E-state index contributed by atoms with van der Waals surface area (Å²) < 4.78 is 6.70. The highest BCUT2D eigenvalue weighted by Gasteiger charge is 2.15. The zero-order valence-corrected chi connectivity index (χ0v) is 10.8. The van der Waals surface area contributed by atoms with E-state index in [-0.39, 0.29) is 5.56 Å². The van der Waals surface area contributed by atoms with Gasteiger partial charge in [0.25, 0.3) is 5.56 Å². The predicted octanol–water partition coefficient (Wildman–Crippen LogP) is 2.38. The summed E-state index contributed by atoms with van der Waals surface area (Å²) in [6.07, 6.45) is 1.63. The smallest absolute Gasteiger partial charge is 0.296 e. The normalized spacial score (nSPS) is 11.1. The lowest BCUT2D eigenvalue weighted by atomic mass is 10.1. The molecule has 0 radical (unpaired) electrons. The van der Waals surface area contributed by atoms with Crippen LogP contribution in [0.3, 0.4) is 0 Å². The molecule has 0 fully saturated rings. The third kappa shape index (κ3) is 1.83. The Labute approximate surface area is 109 Å². The third-order valence-electron chi connectivity index (χ3n) is 3.07. The summed E-state index contributed by atoms with van der Waals surface area (Å²) in [5.74, 6) is 0.589. The summed E-state index contributed by atoms with van der Waals surface area (Å²) in [6.45, 7) is 4.38. The van der Waals surface area contributed by atoms with Crippen LogP contribution >= 0.6 is 0 Å². The van der Waals surface area contributed by atoms with Crippen molar-refractivity contribution in [3.63, 3.8) is 0 Å². The Morgan fingerprint density at radius 2 is 2.21 bits per heavy atom. The highest BCUT2D eigenvalue weighted by molar-refractivity contribution is 5.90. The Bertz CT molecular complexity index is 802. The predicted molar refractivity (Wildman–Crippen MR) is 71.9 cm³/mol. The lowest BCUT2D eigenvalue weighted by Crippen LogP contribution is -2.21. The van der Waals surface area contributed by atoms with Crippen LogP contribution in [-0.2, 0) is 6.54 Å². The van der Waals surface area contributed by atoms with E-state index in [1.54, 1.807) is 6.20 Å². The summed E-state index contributed by atoms with van der Waals surface area (Å²) in [6, 6.07) is 7.87. The van der Waals surface area contributed by atoms with Crippen molar-refractivity contribution in [1.29, 1.82) is 0 Å². The largest absolute Gasteiger partial charge is 0.355 e. The molecule has 0 aliphatic rings. The lowest BCUT2D eigenvalue weighted by molar-refractivity contribution is 0.439. The van der Waals surface area contributed by atoms with Crippen molar-refractivity contribution >= 4 is 10.9 Å². The number of fused-ring (bicyclic) bond motifs is 1. The first-order valence-corrected chi connectivity index (χ1v) is 6.13. The van der Waals surface area contributed by atoms with Crippen LogP contribution in [-0.4, -0.2) is 14.9 Å². The van der Waals surface area contributed by atoms with Gasteiger partial charge in [0.15, 0.2) is 11.3 Å². The number of aryl methyl sites for hydroxylation is 2. The molecule has 3 rings (SSSR count). The molecule has 0 N–H and O–H groups in total. The maximum Gasteiger partial charge on any atom is 0.296 e. The van der Waals surface area contributed by atoms with Gasteiger partial charge in [0.1, 0.15) is 0 Å². The van der Waals surface area contributed by atoms with E-state index < -0.39 is 0 Å². The molecule has 2 heterocycles. The van der Waals surface area contributed by atoms with E-state index in [1.807, 2.05) is 38.1 Å². The molecule has 19 heavy (non-hydrogen) atoms. The van der Waals surface area contributed by atoms with Gasteiger partial charge in [-0.15, -0.1) is 0 Å². The molecule has 1 aromatic carbocycles. The second kappa shape index (κ2) is 4.35. The molecule has 0 amide bonds. The van der Waals surface area contributed by atoms with Gasteiger partial charge < -0.3 is 4.52 Å². The minimum absolute atomic E-state index is 0.220. The summed E-state index contributed by atoms with van der Waals surface area (Å²) in [7, 11) is 0. The van der Waals surface area contributed by atoms with Crippen molar-refractivity contribution in [3.05, 3.63) is 46.4 Å². The van der Waals surface area contributed by atoms with Gasteiger partial charge in [-0.1, -0.05) is 28.9 Å². The molecule has 0 spiro atoms. The molecular formula is C14H13N3O2. The van der Waals surface area contributed by atoms with Crippen molar-refractivity contribution < 1.29 is 4.52 Å². The van der Waals surface area contributed by atoms with E-state index in [0.717, 1.165) is 11.1 Å². The number of hydrogen-bond donors (Lipinski definition) is 0. The molecule has 3 aromatic rings. The topological polar surface area (TPSA) is 60.9 Å². The molecule has 0 saturated heterocycles. The van der Waals surface area contributed by atoms with E-state index in [1.165, 1.54) is 4.68 Å². The summed E-state index contributed by atoms with van der Waals surface area (Å²) in [5, 5.41) is 8.65. The SMILES string of the molecule is CCn1ncc2c(-c3cccc(C)c3)onc2c1=O. The fourth-order valence-corrected chi connectivity index (χ4v) is 2.09. The zero-order valence-electron chi connectivity index (χ0n) is 10.8. The fourth-order valence-electron chi connectivity index (χ4n) is 2.09. The number of hydrogen-bond acceptors (Lipinski definition) is 4. The molecular weight excluding hydrogens is 242 g/mol. The summed E-state index contributed by atoms with van der Waals surface area (Å²) in [5.41, 5.74) is 2.13. The van der Waals surface area contributed by atoms with Crippen LogP contribution in [0.4, 0.5) is 0 Å². The molecule has 0 aliphatic heterocycles. The van der Waals surface area contributed by atoms with Crippen molar-refractivity contribution in [2.24, 2.45) is 0 Å². The molecule has 5 nitrogen and oxygen atoms in total. The van der Waals surface area contributed by atoms with Gasteiger partial charge in [-0.05, 0) is 19.9 Å². The average Bonchev–Trinajstić information content (AvgIpc) is 2.84. The highest BCUT2D eigenvalue weighted by Crippen LogP contribution is 2.26. The van der Waals surface area contributed by atoms with Gasteiger partial charge in [0, 0.05) is 12.1 Å². The number of benzene rings is 1. The Morgan fingerprint density at radius 3 is 2.95 bits per heavy atom. The lowest BCUT2D eigenvalue weighted by Gasteiger charge is -2.00. The molecule has 5 heteroatoms. The van der Waals surface area contributed by atoms with Crippen LogP contribution in [0, 0.1) is 6.92 Å². The van der Waals surface area contributed by atoms with E-state index in [9.17, 15) is 4.79 Å². The van der Waals surface area contributed by atoms with Crippen molar-refractivity contribution in [2.75, 3.05) is 0 Å².